The van der Waals surface area contributed by atoms with E-state index in [1.807, 2.05) is 0 Å². The predicted octanol–water partition coefficient (Wildman–Crippen LogP) is 0.667. The van der Waals surface area contributed by atoms with Gasteiger partial charge in [-0.25, -0.2) is 8.78 Å². The molecule has 1 fully saturated rings. The molecule has 2 unspecified atom stereocenters. The summed E-state index contributed by atoms with van der Waals surface area (Å²) in [5.74, 6) is 0. The van der Waals surface area contributed by atoms with Crippen LogP contribution in [0.25, 0.3) is 0 Å². The van der Waals surface area contributed by atoms with Crippen molar-refractivity contribution >= 4 is 12.4 Å². The van der Waals surface area contributed by atoms with Gasteiger partial charge < -0.3 is 10.6 Å². The molecule has 2 atom stereocenters. The van der Waals surface area contributed by atoms with E-state index in [1.54, 1.807) is 0 Å². The summed E-state index contributed by atoms with van der Waals surface area (Å²) in [6, 6.07) is -0.388. The Morgan fingerprint density at radius 1 is 1.50 bits per heavy atom. The van der Waals surface area contributed by atoms with Gasteiger partial charge in [0.15, 0.2) is 5.67 Å². The summed E-state index contributed by atoms with van der Waals surface area (Å²) in [7, 11) is 0. The van der Waals surface area contributed by atoms with E-state index < -0.39 is 12.3 Å². The van der Waals surface area contributed by atoms with E-state index in [4.69, 9.17) is 0 Å². The van der Waals surface area contributed by atoms with E-state index in [2.05, 4.69) is 10.6 Å². The molecule has 2 N–H and O–H groups in total. The Hall–Kier alpha value is 0.0700. The van der Waals surface area contributed by atoms with Crippen molar-refractivity contribution in [1.82, 2.24) is 10.6 Å². The number of hydrogen-bond acceptors (Lipinski definition) is 2. The lowest BCUT2D eigenvalue weighted by atomic mass is 9.99. The van der Waals surface area contributed by atoms with Crippen molar-refractivity contribution in [2.45, 2.75) is 18.6 Å². The second kappa shape index (κ2) is 4.94. The Morgan fingerprint density at radius 2 is 2.17 bits per heavy atom. The van der Waals surface area contributed by atoms with Crippen molar-refractivity contribution in [3.63, 3.8) is 0 Å². The molecule has 1 rings (SSSR count). The maximum Gasteiger partial charge on any atom is 0.152 e. The Kier molecular flexibility index (Phi) is 4.97. The van der Waals surface area contributed by atoms with E-state index in [9.17, 15) is 8.78 Å². The van der Waals surface area contributed by atoms with Crippen LogP contribution in [0, 0.1) is 0 Å². The van der Waals surface area contributed by atoms with E-state index >= 15 is 0 Å². The summed E-state index contributed by atoms with van der Waals surface area (Å²) < 4.78 is 25.3. The fraction of sp³-hybridized carbons (Fsp3) is 1.00. The van der Waals surface area contributed by atoms with Crippen LogP contribution in [0.3, 0.4) is 0 Å². The molecule has 0 amide bonds. The number of halogens is 3. The Morgan fingerprint density at radius 3 is 2.58 bits per heavy atom. The molecule has 1 saturated heterocycles. The molecule has 0 saturated carbocycles. The fourth-order valence-electron chi connectivity index (χ4n) is 1.17. The number of piperazine rings is 1. The minimum absolute atomic E-state index is 0. The fourth-order valence-corrected chi connectivity index (χ4v) is 1.17. The van der Waals surface area contributed by atoms with Crippen LogP contribution >= 0.6 is 12.4 Å². The highest BCUT2D eigenvalue weighted by Gasteiger charge is 2.34. The van der Waals surface area contributed by atoms with Gasteiger partial charge in [0.25, 0.3) is 0 Å². The van der Waals surface area contributed by atoms with Crippen molar-refractivity contribution in [3.8, 4) is 0 Å². The van der Waals surface area contributed by atoms with Gasteiger partial charge in [0.2, 0.25) is 0 Å². The van der Waals surface area contributed by atoms with Crippen molar-refractivity contribution in [3.05, 3.63) is 0 Å². The van der Waals surface area contributed by atoms with Gasteiger partial charge in [-0.3, -0.25) is 0 Å². The molecule has 0 aliphatic carbocycles. The largest absolute Gasteiger partial charge is 0.314 e. The first-order chi connectivity index (χ1) is 5.17. The first-order valence-corrected chi connectivity index (χ1v) is 3.86. The van der Waals surface area contributed by atoms with E-state index in [0.717, 1.165) is 6.54 Å². The third-order valence-corrected chi connectivity index (χ3v) is 2.03. The normalized spacial score (nSPS) is 28.8. The SMILES string of the molecule is CC(F)(CF)C1CNCCN1.Cl. The zero-order chi connectivity index (χ0) is 8.32. The molecular weight excluding hydrogens is 186 g/mol. The predicted molar refractivity (Wildman–Crippen MR) is 47.4 cm³/mol. The summed E-state index contributed by atoms with van der Waals surface area (Å²) in [5.41, 5.74) is -1.73. The summed E-state index contributed by atoms with van der Waals surface area (Å²) in [5, 5.41) is 5.94. The standard InChI is InChI=1S/C7H14F2N2.ClH/c1-7(9,5-8)6-4-10-2-3-11-6;/h6,10-11H,2-5H2,1H3;1H. The number of nitrogens with one attached hydrogen (secondary N) is 2. The van der Waals surface area contributed by atoms with Crippen LogP contribution in [0.4, 0.5) is 8.78 Å². The second-order valence-electron chi connectivity index (χ2n) is 3.12. The van der Waals surface area contributed by atoms with Crippen LogP contribution in [0.15, 0.2) is 0 Å². The first kappa shape index (κ1) is 12.1. The molecule has 74 valence electrons. The summed E-state index contributed by atoms with van der Waals surface area (Å²) in [6.07, 6.45) is 0. The number of alkyl halides is 2. The summed E-state index contributed by atoms with van der Waals surface area (Å²) >= 11 is 0. The average Bonchev–Trinajstić information content (AvgIpc) is 2.06. The van der Waals surface area contributed by atoms with Gasteiger partial charge in [-0.1, -0.05) is 0 Å². The zero-order valence-corrected chi connectivity index (χ0v) is 7.89. The Balaban J connectivity index is 0.00000121. The topological polar surface area (TPSA) is 24.1 Å². The lowest BCUT2D eigenvalue weighted by Crippen LogP contribution is -2.58. The van der Waals surface area contributed by atoms with Crippen LogP contribution < -0.4 is 10.6 Å². The highest BCUT2D eigenvalue weighted by atomic mass is 35.5. The van der Waals surface area contributed by atoms with Crippen molar-refractivity contribution in [1.29, 1.82) is 0 Å². The summed E-state index contributed by atoms with van der Waals surface area (Å²) in [4.78, 5) is 0. The summed E-state index contributed by atoms with van der Waals surface area (Å²) in [6.45, 7) is 2.42. The minimum Gasteiger partial charge on any atom is -0.314 e. The van der Waals surface area contributed by atoms with Gasteiger partial charge >= 0.3 is 0 Å². The third kappa shape index (κ3) is 2.84. The van der Waals surface area contributed by atoms with E-state index in [0.29, 0.717) is 13.1 Å². The van der Waals surface area contributed by atoms with Crippen LogP contribution in [0.2, 0.25) is 0 Å². The van der Waals surface area contributed by atoms with Crippen molar-refractivity contribution in [2.75, 3.05) is 26.3 Å². The molecule has 0 spiro atoms. The number of hydrogen-bond donors (Lipinski definition) is 2. The Labute approximate surface area is 77.5 Å². The van der Waals surface area contributed by atoms with E-state index in [-0.39, 0.29) is 18.4 Å². The van der Waals surface area contributed by atoms with Gasteiger partial charge in [-0.15, -0.1) is 12.4 Å². The lowest BCUT2D eigenvalue weighted by Gasteiger charge is -2.32. The molecule has 0 radical (unpaired) electrons. The molecular formula is C7H15ClF2N2. The van der Waals surface area contributed by atoms with Crippen LogP contribution in [0.5, 0.6) is 0 Å². The first-order valence-electron chi connectivity index (χ1n) is 3.86. The third-order valence-electron chi connectivity index (χ3n) is 2.03. The van der Waals surface area contributed by atoms with Crippen LogP contribution in [-0.2, 0) is 0 Å². The van der Waals surface area contributed by atoms with Crippen LogP contribution in [-0.4, -0.2) is 38.0 Å². The molecule has 5 heteroatoms. The highest BCUT2D eigenvalue weighted by molar-refractivity contribution is 5.85. The number of rotatable bonds is 2. The van der Waals surface area contributed by atoms with Gasteiger partial charge in [-0.05, 0) is 6.92 Å². The molecule has 1 heterocycles. The molecule has 12 heavy (non-hydrogen) atoms. The molecule has 1 aliphatic rings. The lowest BCUT2D eigenvalue weighted by molar-refractivity contribution is 0.0838. The average molecular weight is 201 g/mol. The highest BCUT2D eigenvalue weighted by Crippen LogP contribution is 2.16. The van der Waals surface area contributed by atoms with Gasteiger partial charge in [0.05, 0.1) is 6.04 Å². The van der Waals surface area contributed by atoms with Crippen molar-refractivity contribution < 1.29 is 8.78 Å². The van der Waals surface area contributed by atoms with Gasteiger partial charge in [0, 0.05) is 19.6 Å². The Bertz CT molecular complexity index is 127. The molecule has 0 aromatic carbocycles. The van der Waals surface area contributed by atoms with Crippen LogP contribution in [0.1, 0.15) is 6.92 Å². The molecule has 0 aromatic heterocycles. The van der Waals surface area contributed by atoms with Crippen molar-refractivity contribution in [2.24, 2.45) is 0 Å². The molecule has 0 bridgehead atoms. The molecule has 0 aromatic rings. The smallest absolute Gasteiger partial charge is 0.152 e. The monoisotopic (exact) mass is 200 g/mol. The van der Waals surface area contributed by atoms with Gasteiger partial charge in [0.1, 0.15) is 6.67 Å². The minimum atomic E-state index is -1.73. The maximum atomic E-state index is 13.2. The second-order valence-corrected chi connectivity index (χ2v) is 3.12. The molecule has 2 nitrogen and oxygen atoms in total. The maximum absolute atomic E-state index is 13.2. The zero-order valence-electron chi connectivity index (χ0n) is 7.07. The van der Waals surface area contributed by atoms with Gasteiger partial charge in [-0.2, -0.15) is 0 Å². The van der Waals surface area contributed by atoms with E-state index in [1.165, 1.54) is 6.92 Å². The molecule has 1 aliphatic heterocycles. The quantitative estimate of drug-likeness (QED) is 0.685.